The summed E-state index contributed by atoms with van der Waals surface area (Å²) in [4.78, 5) is 24.5. The maximum Gasteiger partial charge on any atom is 0.234 e. The molecule has 2 heterocycles. The number of hydrogen-bond acceptors (Lipinski definition) is 6. The summed E-state index contributed by atoms with van der Waals surface area (Å²) in [5.74, 6) is 1.69. The molecule has 2 aromatic carbocycles. The van der Waals surface area contributed by atoms with E-state index < -0.39 is 0 Å². The molecule has 0 saturated carbocycles. The van der Waals surface area contributed by atoms with Crippen molar-refractivity contribution in [2.24, 2.45) is 0 Å². The van der Waals surface area contributed by atoms with Crippen molar-refractivity contribution in [1.82, 2.24) is 9.97 Å². The molecule has 1 saturated heterocycles. The van der Waals surface area contributed by atoms with Crippen molar-refractivity contribution >= 4 is 40.2 Å². The zero-order chi connectivity index (χ0) is 20.1. The summed E-state index contributed by atoms with van der Waals surface area (Å²) in [6, 6.07) is 15.3. The fourth-order valence-electron chi connectivity index (χ4n) is 3.45. The second kappa shape index (κ2) is 9.13. The molecule has 0 unspecified atom stereocenters. The van der Waals surface area contributed by atoms with Crippen LogP contribution in [0.1, 0.15) is 19.3 Å². The normalized spacial score (nSPS) is 14.0. The van der Waals surface area contributed by atoms with Gasteiger partial charge in [0.15, 0.2) is 5.82 Å². The van der Waals surface area contributed by atoms with Gasteiger partial charge in [0.1, 0.15) is 10.8 Å². The molecule has 6 nitrogen and oxygen atoms in total. The monoisotopic (exact) mass is 408 g/mol. The van der Waals surface area contributed by atoms with Crippen molar-refractivity contribution < 1.29 is 9.53 Å². The molecule has 0 radical (unpaired) electrons. The number of amides is 1. The number of methoxy groups -OCH3 is 1. The lowest BCUT2D eigenvalue weighted by molar-refractivity contribution is -0.113. The largest absolute Gasteiger partial charge is 0.495 e. The van der Waals surface area contributed by atoms with E-state index in [9.17, 15) is 4.79 Å². The van der Waals surface area contributed by atoms with Gasteiger partial charge in [-0.3, -0.25) is 4.79 Å². The molecule has 1 amide bonds. The Labute approximate surface area is 174 Å². The van der Waals surface area contributed by atoms with Gasteiger partial charge < -0.3 is 15.0 Å². The maximum atomic E-state index is 12.6. The van der Waals surface area contributed by atoms with Crippen LogP contribution < -0.4 is 15.0 Å². The van der Waals surface area contributed by atoms with Crippen LogP contribution in [0, 0.1) is 0 Å². The van der Waals surface area contributed by atoms with Crippen LogP contribution in [0.2, 0.25) is 0 Å². The first-order valence-electron chi connectivity index (χ1n) is 9.82. The Morgan fingerprint density at radius 1 is 1.03 bits per heavy atom. The van der Waals surface area contributed by atoms with Crippen LogP contribution in [0.5, 0.6) is 5.75 Å². The average molecular weight is 409 g/mol. The Hall–Kier alpha value is -2.80. The molecule has 1 aliphatic rings. The zero-order valence-electron chi connectivity index (χ0n) is 16.4. The Morgan fingerprint density at radius 3 is 2.48 bits per heavy atom. The molecule has 7 heteroatoms. The van der Waals surface area contributed by atoms with E-state index in [4.69, 9.17) is 14.7 Å². The highest BCUT2D eigenvalue weighted by Crippen LogP contribution is 2.31. The van der Waals surface area contributed by atoms with Crippen LogP contribution in [-0.2, 0) is 4.79 Å². The summed E-state index contributed by atoms with van der Waals surface area (Å²) < 4.78 is 5.31. The Morgan fingerprint density at radius 2 is 1.72 bits per heavy atom. The summed E-state index contributed by atoms with van der Waals surface area (Å²) in [7, 11) is 1.59. The number of fused-ring (bicyclic) bond motifs is 1. The molecule has 1 fully saturated rings. The molecule has 0 atom stereocenters. The number of aromatic nitrogens is 2. The number of nitrogens with zero attached hydrogens (tertiary/aromatic N) is 3. The van der Waals surface area contributed by atoms with Gasteiger partial charge in [-0.05, 0) is 43.5 Å². The Bertz CT molecular complexity index is 1010. The maximum absolute atomic E-state index is 12.6. The number of nitrogens with one attached hydrogen (secondary N) is 1. The molecule has 0 spiro atoms. The summed E-state index contributed by atoms with van der Waals surface area (Å²) >= 11 is 1.43. The lowest BCUT2D eigenvalue weighted by Crippen LogP contribution is -2.31. The molecule has 1 N–H and O–H groups in total. The first kappa shape index (κ1) is 19.5. The number of para-hydroxylation sites is 4. The molecule has 29 heavy (non-hydrogen) atoms. The molecule has 1 aromatic heterocycles. The number of carbonyl (C=O) groups is 1. The van der Waals surface area contributed by atoms with Crippen LogP contribution in [-0.4, -0.2) is 41.8 Å². The van der Waals surface area contributed by atoms with E-state index in [0.29, 0.717) is 11.4 Å². The summed E-state index contributed by atoms with van der Waals surface area (Å²) in [6.45, 7) is 1.96. The highest BCUT2D eigenvalue weighted by Gasteiger charge is 2.19. The van der Waals surface area contributed by atoms with Crippen molar-refractivity contribution in [3.05, 3.63) is 48.5 Å². The topological polar surface area (TPSA) is 67.3 Å². The molecular formula is C22H24N4O2S. The van der Waals surface area contributed by atoms with Gasteiger partial charge >= 0.3 is 0 Å². The number of ether oxygens (including phenoxy) is 1. The van der Waals surface area contributed by atoms with E-state index in [0.717, 1.165) is 47.8 Å². The number of piperidine rings is 1. The fourth-order valence-corrected chi connectivity index (χ4v) is 4.26. The molecule has 4 rings (SSSR count). The number of thioether (sulfide) groups is 1. The number of carbonyl (C=O) groups excluding carboxylic acids is 1. The third-order valence-corrected chi connectivity index (χ3v) is 5.85. The Kier molecular flexibility index (Phi) is 6.14. The number of hydrogen-bond donors (Lipinski definition) is 1. The zero-order valence-corrected chi connectivity index (χ0v) is 17.2. The highest BCUT2D eigenvalue weighted by atomic mass is 32.2. The van der Waals surface area contributed by atoms with E-state index in [-0.39, 0.29) is 11.7 Å². The SMILES string of the molecule is COc1ccccc1NC(=O)CSc1nc2ccccc2nc1N1CCCCC1. The van der Waals surface area contributed by atoms with Crippen LogP contribution in [0.4, 0.5) is 11.5 Å². The lowest BCUT2D eigenvalue weighted by atomic mass is 10.1. The standard InChI is InChI=1S/C22H24N4O2S/c1-28-19-12-6-5-11-18(19)23-20(27)15-29-22-21(26-13-7-2-8-14-26)24-16-9-3-4-10-17(16)25-22/h3-6,9-12H,2,7-8,13-15H2,1H3,(H,23,27). The lowest BCUT2D eigenvalue weighted by Gasteiger charge is -2.29. The molecule has 3 aromatic rings. The molecule has 1 aliphatic heterocycles. The van der Waals surface area contributed by atoms with E-state index in [2.05, 4.69) is 10.2 Å². The van der Waals surface area contributed by atoms with Crippen LogP contribution in [0.25, 0.3) is 11.0 Å². The van der Waals surface area contributed by atoms with Gasteiger partial charge in [0.05, 0.1) is 29.6 Å². The first-order chi connectivity index (χ1) is 14.2. The minimum atomic E-state index is -0.0981. The number of benzene rings is 2. The van der Waals surface area contributed by atoms with Gasteiger partial charge in [0, 0.05) is 13.1 Å². The first-order valence-corrected chi connectivity index (χ1v) is 10.8. The number of rotatable bonds is 6. The molecular weight excluding hydrogens is 384 g/mol. The van der Waals surface area contributed by atoms with E-state index in [1.807, 2.05) is 48.5 Å². The van der Waals surface area contributed by atoms with E-state index in [1.54, 1.807) is 7.11 Å². The average Bonchev–Trinajstić information content (AvgIpc) is 2.78. The van der Waals surface area contributed by atoms with Crippen molar-refractivity contribution in [3.8, 4) is 5.75 Å². The van der Waals surface area contributed by atoms with Gasteiger partial charge in [0.2, 0.25) is 5.91 Å². The van der Waals surface area contributed by atoms with Crippen molar-refractivity contribution in [2.45, 2.75) is 24.3 Å². The molecule has 150 valence electrons. The molecule has 0 aliphatic carbocycles. The summed E-state index contributed by atoms with van der Waals surface area (Å²) in [5.41, 5.74) is 2.40. The third kappa shape index (κ3) is 4.62. The predicted molar refractivity (Wildman–Crippen MR) is 118 cm³/mol. The van der Waals surface area contributed by atoms with E-state index in [1.165, 1.54) is 18.2 Å². The summed E-state index contributed by atoms with van der Waals surface area (Å²) in [6.07, 6.45) is 3.57. The van der Waals surface area contributed by atoms with E-state index >= 15 is 0 Å². The van der Waals surface area contributed by atoms with Crippen LogP contribution in [0.15, 0.2) is 53.6 Å². The van der Waals surface area contributed by atoms with Gasteiger partial charge in [0.25, 0.3) is 0 Å². The van der Waals surface area contributed by atoms with Crippen LogP contribution in [0.3, 0.4) is 0 Å². The van der Waals surface area contributed by atoms with Crippen LogP contribution >= 0.6 is 11.8 Å². The van der Waals surface area contributed by atoms with Gasteiger partial charge in [-0.25, -0.2) is 9.97 Å². The second-order valence-electron chi connectivity index (χ2n) is 6.93. The summed E-state index contributed by atoms with van der Waals surface area (Å²) in [5, 5.41) is 3.73. The fraction of sp³-hybridized carbons (Fsp3) is 0.318. The molecule has 0 bridgehead atoms. The Balaban J connectivity index is 1.53. The van der Waals surface area contributed by atoms with Crippen molar-refractivity contribution in [2.75, 3.05) is 36.2 Å². The highest BCUT2D eigenvalue weighted by molar-refractivity contribution is 8.00. The number of anilines is 2. The van der Waals surface area contributed by atoms with Crippen molar-refractivity contribution in [1.29, 1.82) is 0 Å². The second-order valence-corrected chi connectivity index (χ2v) is 7.89. The minimum absolute atomic E-state index is 0.0981. The third-order valence-electron chi connectivity index (χ3n) is 4.90. The minimum Gasteiger partial charge on any atom is -0.495 e. The van der Waals surface area contributed by atoms with Gasteiger partial charge in [-0.15, -0.1) is 0 Å². The van der Waals surface area contributed by atoms with Gasteiger partial charge in [-0.1, -0.05) is 36.0 Å². The smallest absolute Gasteiger partial charge is 0.234 e. The quantitative estimate of drug-likeness (QED) is 0.611. The van der Waals surface area contributed by atoms with Crippen molar-refractivity contribution in [3.63, 3.8) is 0 Å². The van der Waals surface area contributed by atoms with Gasteiger partial charge in [-0.2, -0.15) is 0 Å². The predicted octanol–water partition coefficient (Wildman–Crippen LogP) is 4.36.